The van der Waals surface area contributed by atoms with E-state index in [2.05, 4.69) is 5.32 Å². The first-order chi connectivity index (χ1) is 12.9. The molecule has 0 spiro atoms. The Morgan fingerprint density at radius 2 is 1.63 bits per heavy atom. The fraction of sp³-hybridized carbons (Fsp3) is 0.550. The first kappa shape index (κ1) is 20.7. The summed E-state index contributed by atoms with van der Waals surface area (Å²) in [5.74, 6) is -0.206. The Morgan fingerprint density at radius 3 is 2.19 bits per heavy atom. The van der Waals surface area contributed by atoms with Gasteiger partial charge in [-0.15, -0.1) is 0 Å². The zero-order chi connectivity index (χ0) is 19.8. The van der Waals surface area contributed by atoms with Gasteiger partial charge in [-0.25, -0.2) is 0 Å². The maximum Gasteiger partial charge on any atom is 0.312 e. The van der Waals surface area contributed by atoms with Gasteiger partial charge >= 0.3 is 11.8 Å². The van der Waals surface area contributed by atoms with Gasteiger partial charge in [0.05, 0.1) is 6.61 Å². The van der Waals surface area contributed by atoms with E-state index >= 15 is 0 Å². The second kappa shape index (κ2) is 9.94. The van der Waals surface area contributed by atoms with Crippen LogP contribution in [0.2, 0.25) is 0 Å². The quantitative estimate of drug-likeness (QED) is 0.758. The van der Waals surface area contributed by atoms with Crippen LogP contribution < -0.4 is 10.1 Å². The third-order valence-electron chi connectivity index (χ3n) is 4.40. The maximum atomic E-state index is 12.4. The first-order valence-electron chi connectivity index (χ1n) is 9.50. The van der Waals surface area contributed by atoms with Crippen LogP contribution in [-0.4, -0.2) is 66.3 Å². The Hall–Kier alpha value is -2.57. The molecule has 1 aliphatic heterocycles. The van der Waals surface area contributed by atoms with Crippen molar-refractivity contribution in [2.75, 3.05) is 32.8 Å². The Bertz CT molecular complexity index is 650. The molecule has 1 saturated heterocycles. The number of hydrogen-bond donors (Lipinski definition) is 1. The molecule has 7 nitrogen and oxygen atoms in total. The molecule has 0 saturated carbocycles. The minimum absolute atomic E-state index is 0.0719. The summed E-state index contributed by atoms with van der Waals surface area (Å²) in [5.41, 5.74) is 1.09. The number of hydrogen-bond acceptors (Lipinski definition) is 4. The molecule has 1 N–H and O–H groups in total. The molecule has 0 aliphatic carbocycles. The summed E-state index contributed by atoms with van der Waals surface area (Å²) in [5, 5.41) is 2.60. The molecule has 0 bridgehead atoms. The van der Waals surface area contributed by atoms with Gasteiger partial charge in [0.15, 0.2) is 0 Å². The van der Waals surface area contributed by atoms with Crippen LogP contribution >= 0.6 is 0 Å². The van der Waals surface area contributed by atoms with Crippen molar-refractivity contribution >= 4 is 17.7 Å². The summed E-state index contributed by atoms with van der Waals surface area (Å²) in [6.07, 6.45) is 1.09. The van der Waals surface area contributed by atoms with Crippen molar-refractivity contribution in [3.8, 4) is 5.75 Å². The number of benzene rings is 1. The van der Waals surface area contributed by atoms with E-state index in [1.807, 2.05) is 45.0 Å². The molecule has 1 heterocycles. The second-order valence-electron chi connectivity index (χ2n) is 6.88. The van der Waals surface area contributed by atoms with Crippen LogP contribution in [0, 0.1) is 0 Å². The molecule has 1 aromatic rings. The van der Waals surface area contributed by atoms with Crippen LogP contribution in [0.1, 0.15) is 32.8 Å². The number of nitrogens with zero attached hydrogens (tertiary/aromatic N) is 2. The summed E-state index contributed by atoms with van der Waals surface area (Å²) in [6.45, 7) is 7.89. The van der Waals surface area contributed by atoms with E-state index < -0.39 is 11.8 Å². The highest BCUT2D eigenvalue weighted by Crippen LogP contribution is 2.14. The SMILES string of the molecule is CCOc1ccc(CCC(=O)N2CCN(C(=O)C(=O)NC(C)C)CC2)cc1. The summed E-state index contributed by atoms with van der Waals surface area (Å²) in [7, 11) is 0. The lowest BCUT2D eigenvalue weighted by Gasteiger charge is -2.34. The van der Waals surface area contributed by atoms with E-state index in [-0.39, 0.29) is 11.9 Å². The molecule has 0 unspecified atom stereocenters. The second-order valence-corrected chi connectivity index (χ2v) is 6.88. The van der Waals surface area contributed by atoms with Crippen LogP contribution in [0.4, 0.5) is 0 Å². The van der Waals surface area contributed by atoms with E-state index in [1.54, 1.807) is 4.90 Å². The number of carbonyl (C=O) groups is 3. The van der Waals surface area contributed by atoms with Crippen LogP contribution in [0.5, 0.6) is 5.75 Å². The highest BCUT2D eigenvalue weighted by Gasteiger charge is 2.27. The minimum atomic E-state index is -0.583. The number of nitrogens with one attached hydrogen (secondary N) is 1. The zero-order valence-electron chi connectivity index (χ0n) is 16.4. The van der Waals surface area contributed by atoms with Gasteiger partial charge in [-0.05, 0) is 44.9 Å². The Labute approximate surface area is 160 Å². The Kier molecular flexibility index (Phi) is 7.64. The van der Waals surface area contributed by atoms with Crippen molar-refractivity contribution in [1.82, 2.24) is 15.1 Å². The van der Waals surface area contributed by atoms with E-state index in [9.17, 15) is 14.4 Å². The lowest BCUT2D eigenvalue weighted by molar-refractivity contribution is -0.148. The van der Waals surface area contributed by atoms with Crippen molar-refractivity contribution in [2.24, 2.45) is 0 Å². The number of rotatable bonds is 6. The molecule has 0 atom stereocenters. The van der Waals surface area contributed by atoms with Crippen LogP contribution in [0.3, 0.4) is 0 Å². The van der Waals surface area contributed by atoms with Crippen molar-refractivity contribution in [2.45, 2.75) is 39.7 Å². The summed E-state index contributed by atoms with van der Waals surface area (Å²) in [4.78, 5) is 39.6. The van der Waals surface area contributed by atoms with Crippen molar-refractivity contribution in [3.63, 3.8) is 0 Å². The monoisotopic (exact) mass is 375 g/mol. The smallest absolute Gasteiger partial charge is 0.312 e. The lowest BCUT2D eigenvalue weighted by Crippen LogP contribution is -2.54. The molecule has 3 amide bonds. The first-order valence-corrected chi connectivity index (χ1v) is 9.50. The van der Waals surface area contributed by atoms with E-state index in [4.69, 9.17) is 4.74 Å². The van der Waals surface area contributed by atoms with Gasteiger partial charge in [-0.3, -0.25) is 14.4 Å². The average Bonchev–Trinajstić information content (AvgIpc) is 2.66. The number of piperazine rings is 1. The van der Waals surface area contributed by atoms with Crippen LogP contribution in [0.25, 0.3) is 0 Å². The summed E-state index contributed by atoms with van der Waals surface area (Å²) in [6, 6.07) is 7.70. The zero-order valence-corrected chi connectivity index (χ0v) is 16.4. The molecular weight excluding hydrogens is 346 g/mol. The average molecular weight is 375 g/mol. The number of carbonyl (C=O) groups excluding carboxylic acids is 3. The van der Waals surface area contributed by atoms with Crippen molar-refractivity contribution in [1.29, 1.82) is 0 Å². The summed E-state index contributed by atoms with van der Waals surface area (Å²) >= 11 is 0. The highest BCUT2D eigenvalue weighted by molar-refractivity contribution is 6.35. The number of amides is 3. The number of aryl methyl sites for hydroxylation is 1. The van der Waals surface area contributed by atoms with Crippen LogP contribution in [-0.2, 0) is 20.8 Å². The molecule has 1 aliphatic rings. The molecule has 7 heteroatoms. The van der Waals surface area contributed by atoms with Crippen molar-refractivity contribution in [3.05, 3.63) is 29.8 Å². The topological polar surface area (TPSA) is 79.0 Å². The molecule has 0 aromatic heterocycles. The van der Waals surface area contributed by atoms with Gasteiger partial charge < -0.3 is 19.9 Å². The Morgan fingerprint density at radius 1 is 1.04 bits per heavy atom. The molecule has 27 heavy (non-hydrogen) atoms. The predicted octanol–water partition coefficient (Wildman–Crippen LogP) is 1.21. The standard InChI is InChI=1S/C20H29N3O4/c1-4-27-17-8-5-16(6-9-17)7-10-18(24)22-11-13-23(14-12-22)20(26)19(25)21-15(2)3/h5-6,8-9,15H,4,7,10-14H2,1-3H3,(H,21,25). The van der Waals surface area contributed by atoms with Gasteiger partial charge in [-0.1, -0.05) is 12.1 Å². The minimum Gasteiger partial charge on any atom is -0.494 e. The van der Waals surface area contributed by atoms with Gasteiger partial charge in [-0.2, -0.15) is 0 Å². The summed E-state index contributed by atoms with van der Waals surface area (Å²) < 4.78 is 5.41. The lowest BCUT2D eigenvalue weighted by atomic mass is 10.1. The van der Waals surface area contributed by atoms with Gasteiger partial charge in [0.2, 0.25) is 5.91 Å². The molecular formula is C20H29N3O4. The highest BCUT2D eigenvalue weighted by atomic mass is 16.5. The third-order valence-corrected chi connectivity index (χ3v) is 4.40. The van der Waals surface area contributed by atoms with Gasteiger partial charge in [0.25, 0.3) is 0 Å². The van der Waals surface area contributed by atoms with Gasteiger partial charge in [0, 0.05) is 38.6 Å². The largest absolute Gasteiger partial charge is 0.494 e. The fourth-order valence-electron chi connectivity index (χ4n) is 2.95. The van der Waals surface area contributed by atoms with Gasteiger partial charge in [0.1, 0.15) is 5.75 Å². The van der Waals surface area contributed by atoms with Crippen LogP contribution in [0.15, 0.2) is 24.3 Å². The fourth-order valence-corrected chi connectivity index (χ4v) is 2.95. The molecule has 2 rings (SSSR count). The number of ether oxygens (including phenoxy) is 1. The molecule has 1 aromatic carbocycles. The van der Waals surface area contributed by atoms with E-state index in [0.717, 1.165) is 11.3 Å². The maximum absolute atomic E-state index is 12.4. The van der Waals surface area contributed by atoms with E-state index in [0.29, 0.717) is 45.6 Å². The molecule has 0 radical (unpaired) electrons. The van der Waals surface area contributed by atoms with Crippen molar-refractivity contribution < 1.29 is 19.1 Å². The predicted molar refractivity (Wildman–Crippen MR) is 102 cm³/mol. The molecule has 148 valence electrons. The third kappa shape index (κ3) is 6.27. The van der Waals surface area contributed by atoms with E-state index in [1.165, 1.54) is 4.90 Å². The molecule has 1 fully saturated rings. The Balaban J connectivity index is 1.76. The normalized spacial score (nSPS) is 14.2.